The van der Waals surface area contributed by atoms with Gasteiger partial charge in [-0.25, -0.2) is 13.4 Å². The maximum absolute atomic E-state index is 14.7. The highest BCUT2D eigenvalue weighted by Gasteiger charge is 2.43. The van der Waals surface area contributed by atoms with Crippen LogP contribution in [0.5, 0.6) is 5.75 Å². The number of benzene rings is 3. The molecule has 2 aliphatic rings. The van der Waals surface area contributed by atoms with Gasteiger partial charge in [0, 0.05) is 48.4 Å². The monoisotopic (exact) mass is 792 g/mol. The normalized spacial score (nSPS) is 17.4. The van der Waals surface area contributed by atoms with Gasteiger partial charge in [-0.15, -0.1) is 0 Å². The Bertz CT molecular complexity index is 2120. The van der Waals surface area contributed by atoms with Crippen molar-refractivity contribution in [2.75, 3.05) is 45.6 Å². The fourth-order valence-corrected chi connectivity index (χ4v) is 8.33. The van der Waals surface area contributed by atoms with E-state index in [9.17, 15) is 39.6 Å². The van der Waals surface area contributed by atoms with Crippen molar-refractivity contribution in [2.24, 2.45) is 0 Å². The van der Waals surface area contributed by atoms with Crippen LogP contribution in [-0.4, -0.2) is 93.1 Å². The Morgan fingerprint density at radius 1 is 0.945 bits per heavy atom. The minimum absolute atomic E-state index is 0.0557. The van der Waals surface area contributed by atoms with Crippen molar-refractivity contribution in [1.29, 1.82) is 0 Å². The van der Waals surface area contributed by atoms with Crippen molar-refractivity contribution in [3.05, 3.63) is 89.0 Å². The number of piperidine rings is 1. The second kappa shape index (κ2) is 16.1. The molecule has 16 heteroatoms. The molecule has 2 saturated heterocycles. The van der Waals surface area contributed by atoms with Gasteiger partial charge in [-0.3, -0.25) is 14.6 Å². The summed E-state index contributed by atoms with van der Waals surface area (Å²) >= 11 is 0. The van der Waals surface area contributed by atoms with Crippen molar-refractivity contribution >= 4 is 26.6 Å². The summed E-state index contributed by atoms with van der Waals surface area (Å²) in [7, 11) is -4.23. The standard InChI is InChI=1S/C39H42F6N4O5S/c1-24(2)54-31-13-12-29-32(37(50)47-36(39(43,44)45)25-8-5-4-6-9-25)30(23-48-16-14-28(15-17-48)49-18-20-53-21-19-49)33(46-34(29)35(31)55(3,51)52)26-10-7-11-27(22-26)38(40,41)42/h4-13,22,24,28,36H,14-21,23H2,1-3H3,(H,47,50)/t36-/m1/s1. The summed E-state index contributed by atoms with van der Waals surface area (Å²) in [5.41, 5.74) is -2.16. The first-order valence-electron chi connectivity index (χ1n) is 17.9. The molecule has 1 N–H and O–H groups in total. The van der Waals surface area contributed by atoms with Crippen LogP contribution >= 0.6 is 0 Å². The Balaban J connectivity index is 1.59. The summed E-state index contributed by atoms with van der Waals surface area (Å²) in [4.78, 5) is 23.2. The average molecular weight is 793 g/mol. The molecular formula is C39H42F6N4O5S. The lowest BCUT2D eigenvalue weighted by Crippen LogP contribution is -2.48. The number of aromatic nitrogens is 1. The molecule has 0 unspecified atom stereocenters. The second-order valence-corrected chi connectivity index (χ2v) is 16.1. The SMILES string of the molecule is CC(C)Oc1ccc2c(C(=O)N[C@H](c3ccccc3)C(F)(F)F)c(CN3CCC(N4CCOCC4)CC3)c(-c3cccc(C(F)(F)F)c3)nc2c1S(C)(=O)=O. The number of carbonyl (C=O) groups excluding carboxylic acids is 1. The number of nitrogens with zero attached hydrogens (tertiary/aromatic N) is 3. The molecule has 9 nitrogen and oxygen atoms in total. The molecule has 6 rings (SSSR count). The number of morpholine rings is 1. The van der Waals surface area contributed by atoms with E-state index < -0.39 is 50.7 Å². The van der Waals surface area contributed by atoms with Crippen LogP contribution in [0.2, 0.25) is 0 Å². The zero-order valence-corrected chi connectivity index (χ0v) is 31.3. The second-order valence-electron chi connectivity index (χ2n) is 14.1. The average Bonchev–Trinajstić information content (AvgIpc) is 3.13. The first-order valence-corrected chi connectivity index (χ1v) is 19.8. The molecule has 1 aromatic heterocycles. The minimum Gasteiger partial charge on any atom is -0.490 e. The zero-order chi connectivity index (χ0) is 39.7. The third kappa shape index (κ3) is 9.25. The number of pyridine rings is 1. The van der Waals surface area contributed by atoms with E-state index in [2.05, 4.69) is 10.2 Å². The van der Waals surface area contributed by atoms with Gasteiger partial charge in [0.15, 0.2) is 15.9 Å². The van der Waals surface area contributed by atoms with Gasteiger partial charge < -0.3 is 14.8 Å². The lowest BCUT2D eigenvalue weighted by atomic mass is 9.93. The van der Waals surface area contributed by atoms with E-state index in [-0.39, 0.29) is 57.2 Å². The van der Waals surface area contributed by atoms with Gasteiger partial charge in [-0.2, -0.15) is 26.3 Å². The summed E-state index contributed by atoms with van der Waals surface area (Å²) in [6.07, 6.45) is -7.93. The molecule has 0 spiro atoms. The number of sulfone groups is 1. The van der Waals surface area contributed by atoms with Crippen LogP contribution in [0.1, 0.15) is 59.8 Å². The molecule has 4 aromatic rings. The number of fused-ring (bicyclic) bond motifs is 1. The van der Waals surface area contributed by atoms with E-state index in [4.69, 9.17) is 14.5 Å². The van der Waals surface area contributed by atoms with E-state index in [1.165, 1.54) is 48.5 Å². The number of rotatable bonds is 10. The summed E-state index contributed by atoms with van der Waals surface area (Å²) in [6.45, 7) is 7.03. The highest BCUT2D eigenvalue weighted by atomic mass is 32.2. The molecule has 296 valence electrons. The van der Waals surface area contributed by atoms with Crippen molar-refractivity contribution in [3.8, 4) is 17.0 Å². The number of halogens is 6. The van der Waals surface area contributed by atoms with Gasteiger partial charge in [0.05, 0.1) is 41.7 Å². The summed E-state index contributed by atoms with van der Waals surface area (Å²) < 4.78 is 125. The fourth-order valence-electron chi connectivity index (χ4n) is 7.34. The Labute approximate surface area is 315 Å². The summed E-state index contributed by atoms with van der Waals surface area (Å²) in [5, 5.41) is 2.04. The predicted molar refractivity (Wildman–Crippen MR) is 194 cm³/mol. The maximum Gasteiger partial charge on any atom is 0.416 e. The van der Waals surface area contributed by atoms with E-state index >= 15 is 0 Å². The molecule has 0 saturated carbocycles. The van der Waals surface area contributed by atoms with Crippen LogP contribution in [-0.2, 0) is 27.3 Å². The topological polar surface area (TPSA) is 101 Å². The van der Waals surface area contributed by atoms with Gasteiger partial charge in [0.25, 0.3) is 5.91 Å². The number of ether oxygens (including phenoxy) is 2. The lowest BCUT2D eigenvalue weighted by molar-refractivity contribution is -0.155. The van der Waals surface area contributed by atoms with Crippen LogP contribution in [0.25, 0.3) is 22.2 Å². The molecule has 2 aliphatic heterocycles. The molecule has 1 amide bonds. The van der Waals surface area contributed by atoms with Gasteiger partial charge >= 0.3 is 12.4 Å². The molecule has 2 fully saturated rings. The van der Waals surface area contributed by atoms with E-state index in [1.807, 2.05) is 4.90 Å². The molecule has 0 radical (unpaired) electrons. The Morgan fingerprint density at radius 2 is 1.62 bits per heavy atom. The summed E-state index contributed by atoms with van der Waals surface area (Å²) in [5.74, 6) is -1.34. The third-order valence-electron chi connectivity index (χ3n) is 9.84. The Kier molecular flexibility index (Phi) is 11.8. The molecule has 1 atom stereocenters. The van der Waals surface area contributed by atoms with Crippen molar-refractivity contribution in [1.82, 2.24) is 20.1 Å². The largest absolute Gasteiger partial charge is 0.490 e. The van der Waals surface area contributed by atoms with E-state index in [0.717, 1.165) is 50.4 Å². The van der Waals surface area contributed by atoms with Crippen LogP contribution < -0.4 is 10.1 Å². The van der Waals surface area contributed by atoms with Crippen LogP contribution in [0.15, 0.2) is 71.6 Å². The number of hydrogen-bond acceptors (Lipinski definition) is 8. The van der Waals surface area contributed by atoms with Gasteiger partial charge in [-0.1, -0.05) is 42.5 Å². The smallest absolute Gasteiger partial charge is 0.416 e. The van der Waals surface area contributed by atoms with E-state index in [0.29, 0.717) is 26.3 Å². The maximum atomic E-state index is 14.7. The van der Waals surface area contributed by atoms with Crippen molar-refractivity contribution in [3.63, 3.8) is 0 Å². The zero-order valence-electron chi connectivity index (χ0n) is 30.5. The summed E-state index contributed by atoms with van der Waals surface area (Å²) in [6, 6.07) is 11.4. The molecule has 0 aliphatic carbocycles. The fraction of sp³-hybridized carbons (Fsp3) is 0.436. The van der Waals surface area contributed by atoms with E-state index in [1.54, 1.807) is 13.8 Å². The highest BCUT2D eigenvalue weighted by Crippen LogP contribution is 2.41. The Morgan fingerprint density at radius 3 is 2.22 bits per heavy atom. The quantitative estimate of drug-likeness (QED) is 0.166. The van der Waals surface area contributed by atoms with Crippen molar-refractivity contribution < 1.29 is 49.0 Å². The molecule has 55 heavy (non-hydrogen) atoms. The van der Waals surface area contributed by atoms with Gasteiger partial charge in [-0.05, 0) is 69.6 Å². The molecule has 3 heterocycles. The first-order chi connectivity index (χ1) is 25.9. The minimum atomic E-state index is -4.96. The number of alkyl halides is 6. The molecule has 0 bridgehead atoms. The number of carbonyl (C=O) groups is 1. The predicted octanol–water partition coefficient (Wildman–Crippen LogP) is 7.44. The lowest BCUT2D eigenvalue weighted by Gasteiger charge is -2.40. The highest BCUT2D eigenvalue weighted by molar-refractivity contribution is 7.91. The van der Waals surface area contributed by atoms with Crippen LogP contribution in [0, 0.1) is 0 Å². The van der Waals surface area contributed by atoms with Gasteiger partial charge in [0.2, 0.25) is 0 Å². The number of hydrogen-bond donors (Lipinski definition) is 1. The van der Waals surface area contributed by atoms with Crippen LogP contribution in [0.4, 0.5) is 26.3 Å². The number of likely N-dealkylation sites (tertiary alicyclic amines) is 1. The number of amides is 1. The first kappa shape index (κ1) is 40.4. The molecular weight excluding hydrogens is 751 g/mol. The number of nitrogens with one attached hydrogen (secondary N) is 1. The van der Waals surface area contributed by atoms with Gasteiger partial charge in [0.1, 0.15) is 10.6 Å². The Hall–Kier alpha value is -4.25. The van der Waals surface area contributed by atoms with Crippen molar-refractivity contribution in [2.45, 2.75) is 68.7 Å². The molecule has 3 aromatic carbocycles. The van der Waals surface area contributed by atoms with Crippen LogP contribution in [0.3, 0.4) is 0 Å². The third-order valence-corrected chi connectivity index (χ3v) is 11.0.